The zero-order valence-corrected chi connectivity index (χ0v) is 14.0. The molecule has 0 radical (unpaired) electrons. The fraction of sp³-hybridized carbons (Fsp3) is 0.471. The SMILES string of the molecule is Cc1nn(C)c(C)c1C(=O)N1CCN(Cc2cccnc2)CC1. The van der Waals surface area contributed by atoms with Crippen LogP contribution in [0.5, 0.6) is 0 Å². The van der Waals surface area contributed by atoms with Crippen LogP contribution < -0.4 is 0 Å². The van der Waals surface area contributed by atoms with Crippen molar-refractivity contribution < 1.29 is 4.79 Å². The van der Waals surface area contributed by atoms with E-state index in [9.17, 15) is 4.79 Å². The smallest absolute Gasteiger partial charge is 0.257 e. The molecule has 1 aliphatic rings. The summed E-state index contributed by atoms with van der Waals surface area (Å²) in [4.78, 5) is 21.2. The Morgan fingerprint density at radius 1 is 1.22 bits per heavy atom. The van der Waals surface area contributed by atoms with Crippen molar-refractivity contribution in [3.8, 4) is 0 Å². The van der Waals surface area contributed by atoms with E-state index in [-0.39, 0.29) is 5.91 Å². The number of pyridine rings is 1. The Kier molecular flexibility index (Phi) is 4.43. The van der Waals surface area contributed by atoms with Gasteiger partial charge in [0, 0.05) is 57.9 Å². The van der Waals surface area contributed by atoms with Crippen molar-refractivity contribution in [1.82, 2.24) is 24.6 Å². The highest BCUT2D eigenvalue weighted by Gasteiger charge is 2.26. The van der Waals surface area contributed by atoms with Gasteiger partial charge in [0.2, 0.25) is 0 Å². The van der Waals surface area contributed by atoms with Crippen LogP contribution in [-0.2, 0) is 13.6 Å². The standard InChI is InChI=1S/C17H23N5O/c1-13-16(14(2)20(3)19-13)17(23)22-9-7-21(8-10-22)12-15-5-4-6-18-11-15/h4-6,11H,7-10,12H2,1-3H3. The number of rotatable bonds is 3. The predicted molar refractivity (Wildman–Crippen MR) is 88.1 cm³/mol. The summed E-state index contributed by atoms with van der Waals surface area (Å²) >= 11 is 0. The summed E-state index contributed by atoms with van der Waals surface area (Å²) in [6.07, 6.45) is 3.69. The van der Waals surface area contributed by atoms with Crippen LogP contribution in [0.1, 0.15) is 27.3 Å². The summed E-state index contributed by atoms with van der Waals surface area (Å²) in [5, 5.41) is 4.35. The molecule has 6 nitrogen and oxygen atoms in total. The zero-order valence-electron chi connectivity index (χ0n) is 14.0. The molecule has 1 fully saturated rings. The maximum absolute atomic E-state index is 12.8. The Bertz CT molecular complexity index is 687. The lowest BCUT2D eigenvalue weighted by Crippen LogP contribution is -2.48. The zero-order chi connectivity index (χ0) is 16.4. The molecular formula is C17H23N5O. The number of aryl methyl sites for hydroxylation is 2. The van der Waals surface area contributed by atoms with Crippen LogP contribution in [0, 0.1) is 13.8 Å². The minimum atomic E-state index is 0.106. The van der Waals surface area contributed by atoms with Crippen LogP contribution in [0.4, 0.5) is 0 Å². The lowest BCUT2D eigenvalue weighted by atomic mass is 10.1. The fourth-order valence-electron chi connectivity index (χ4n) is 3.10. The number of hydrogen-bond donors (Lipinski definition) is 0. The van der Waals surface area contributed by atoms with Crippen LogP contribution >= 0.6 is 0 Å². The van der Waals surface area contributed by atoms with Crippen molar-refractivity contribution in [2.45, 2.75) is 20.4 Å². The maximum Gasteiger partial charge on any atom is 0.257 e. The molecule has 1 saturated heterocycles. The van der Waals surface area contributed by atoms with Gasteiger partial charge in [-0.1, -0.05) is 6.07 Å². The molecule has 0 aliphatic carbocycles. The van der Waals surface area contributed by atoms with Gasteiger partial charge >= 0.3 is 0 Å². The second-order valence-corrected chi connectivity index (χ2v) is 6.10. The van der Waals surface area contributed by atoms with Crippen molar-refractivity contribution in [2.75, 3.05) is 26.2 Å². The summed E-state index contributed by atoms with van der Waals surface area (Å²) < 4.78 is 1.78. The van der Waals surface area contributed by atoms with Gasteiger partial charge in [-0.05, 0) is 25.5 Å². The maximum atomic E-state index is 12.8. The molecule has 0 N–H and O–H groups in total. The van der Waals surface area contributed by atoms with E-state index in [1.54, 1.807) is 10.9 Å². The minimum Gasteiger partial charge on any atom is -0.336 e. The van der Waals surface area contributed by atoms with E-state index >= 15 is 0 Å². The van der Waals surface area contributed by atoms with Crippen molar-refractivity contribution in [1.29, 1.82) is 0 Å². The summed E-state index contributed by atoms with van der Waals surface area (Å²) in [6, 6.07) is 4.05. The van der Waals surface area contributed by atoms with E-state index in [1.165, 1.54) is 5.56 Å². The molecule has 3 rings (SSSR count). The van der Waals surface area contributed by atoms with Gasteiger partial charge in [-0.15, -0.1) is 0 Å². The molecule has 122 valence electrons. The summed E-state index contributed by atoms with van der Waals surface area (Å²) in [5.41, 5.74) is 3.72. The molecule has 0 aromatic carbocycles. The van der Waals surface area contributed by atoms with Gasteiger partial charge in [0.15, 0.2) is 0 Å². The molecule has 1 aliphatic heterocycles. The molecule has 23 heavy (non-hydrogen) atoms. The van der Waals surface area contributed by atoms with Crippen LogP contribution in [0.25, 0.3) is 0 Å². The fourth-order valence-corrected chi connectivity index (χ4v) is 3.10. The van der Waals surface area contributed by atoms with Crippen LogP contribution in [-0.4, -0.2) is 56.7 Å². The average molecular weight is 313 g/mol. The van der Waals surface area contributed by atoms with Gasteiger partial charge in [-0.2, -0.15) is 5.10 Å². The van der Waals surface area contributed by atoms with Gasteiger partial charge in [0.1, 0.15) is 0 Å². The lowest BCUT2D eigenvalue weighted by molar-refractivity contribution is 0.0627. The predicted octanol–water partition coefficient (Wildman–Crippen LogP) is 1.39. The topological polar surface area (TPSA) is 54.3 Å². The number of nitrogens with zero attached hydrogens (tertiary/aromatic N) is 5. The number of carbonyl (C=O) groups excluding carboxylic acids is 1. The van der Waals surface area contributed by atoms with Crippen molar-refractivity contribution >= 4 is 5.91 Å². The summed E-state index contributed by atoms with van der Waals surface area (Å²) in [5.74, 6) is 0.106. The first kappa shape index (κ1) is 15.7. The third kappa shape index (κ3) is 3.27. The first-order valence-corrected chi connectivity index (χ1v) is 7.97. The summed E-state index contributed by atoms with van der Waals surface area (Å²) in [7, 11) is 1.88. The minimum absolute atomic E-state index is 0.106. The number of carbonyl (C=O) groups is 1. The van der Waals surface area contributed by atoms with Crippen molar-refractivity contribution in [3.05, 3.63) is 47.0 Å². The molecule has 0 spiro atoms. The van der Waals surface area contributed by atoms with E-state index in [1.807, 2.05) is 38.1 Å². The number of piperazine rings is 1. The second-order valence-electron chi connectivity index (χ2n) is 6.10. The van der Waals surface area contributed by atoms with Gasteiger partial charge in [0.05, 0.1) is 11.3 Å². The number of hydrogen-bond acceptors (Lipinski definition) is 4. The van der Waals surface area contributed by atoms with Gasteiger partial charge in [0.25, 0.3) is 5.91 Å². The Morgan fingerprint density at radius 3 is 2.52 bits per heavy atom. The molecule has 2 aromatic heterocycles. The lowest BCUT2D eigenvalue weighted by Gasteiger charge is -2.34. The van der Waals surface area contributed by atoms with Crippen molar-refractivity contribution in [2.24, 2.45) is 7.05 Å². The van der Waals surface area contributed by atoms with Crippen LogP contribution in [0.2, 0.25) is 0 Å². The highest BCUT2D eigenvalue weighted by atomic mass is 16.2. The van der Waals surface area contributed by atoms with E-state index in [4.69, 9.17) is 0 Å². The molecular weight excluding hydrogens is 290 g/mol. The molecule has 0 saturated carbocycles. The first-order chi connectivity index (χ1) is 11.1. The normalized spacial score (nSPS) is 15.9. The largest absolute Gasteiger partial charge is 0.336 e. The quantitative estimate of drug-likeness (QED) is 0.859. The third-order valence-corrected chi connectivity index (χ3v) is 4.51. The average Bonchev–Trinajstić information content (AvgIpc) is 2.81. The van der Waals surface area contributed by atoms with Crippen LogP contribution in [0.15, 0.2) is 24.5 Å². The molecule has 2 aromatic rings. The monoisotopic (exact) mass is 313 g/mol. The number of aromatic nitrogens is 3. The third-order valence-electron chi connectivity index (χ3n) is 4.51. The highest BCUT2D eigenvalue weighted by Crippen LogP contribution is 2.16. The Morgan fingerprint density at radius 2 is 1.96 bits per heavy atom. The summed E-state index contributed by atoms with van der Waals surface area (Å²) in [6.45, 7) is 8.03. The highest BCUT2D eigenvalue weighted by molar-refractivity contribution is 5.96. The van der Waals surface area contributed by atoms with Gasteiger partial charge in [-0.25, -0.2) is 0 Å². The molecule has 6 heteroatoms. The molecule has 0 unspecified atom stereocenters. The van der Waals surface area contributed by atoms with Crippen molar-refractivity contribution in [3.63, 3.8) is 0 Å². The van der Waals surface area contributed by atoms with E-state index in [0.717, 1.165) is 49.7 Å². The molecule has 1 amide bonds. The van der Waals surface area contributed by atoms with E-state index < -0.39 is 0 Å². The first-order valence-electron chi connectivity index (χ1n) is 7.97. The Labute approximate surface area is 136 Å². The molecule has 3 heterocycles. The molecule has 0 atom stereocenters. The Balaban J connectivity index is 1.61. The number of amides is 1. The van der Waals surface area contributed by atoms with Crippen LogP contribution in [0.3, 0.4) is 0 Å². The van der Waals surface area contributed by atoms with Gasteiger partial charge in [-0.3, -0.25) is 19.4 Å². The van der Waals surface area contributed by atoms with E-state index in [2.05, 4.69) is 21.0 Å². The second kappa shape index (κ2) is 6.50. The Hall–Kier alpha value is -2.21. The molecule has 0 bridgehead atoms. The van der Waals surface area contributed by atoms with Gasteiger partial charge < -0.3 is 4.90 Å². The van der Waals surface area contributed by atoms with E-state index in [0.29, 0.717) is 0 Å².